The van der Waals surface area contributed by atoms with Crippen LogP contribution < -0.4 is 71.8 Å². The monoisotopic (exact) mass is 1040 g/mol. The summed E-state index contributed by atoms with van der Waals surface area (Å²) in [4.78, 5) is 19.3. The quantitative estimate of drug-likeness (QED) is 0.0882. The maximum absolute atomic E-state index is 12.2. The number of para-hydroxylation sites is 4. The Morgan fingerprint density at radius 3 is 0.606 bits per heavy atom. The zero-order valence-corrected chi connectivity index (χ0v) is 41.0. The van der Waals surface area contributed by atoms with Crippen molar-refractivity contribution in [3.05, 3.63) is 263 Å². The molecule has 0 aromatic heterocycles. The molecule has 0 N–H and O–H groups in total. The fraction of sp³-hybridized carbons (Fsp3) is 0.0714. The smallest absolute Gasteiger partial charge is 0.872 e. The number of aliphatic imine (C=N–C) groups is 4. The van der Waals surface area contributed by atoms with Crippen LogP contribution in [0.15, 0.2) is 238 Å². The van der Waals surface area contributed by atoms with Crippen LogP contribution >= 0.6 is 0 Å². The SMILES string of the molecule is [K+].[O-]c1ccccc1C=N[C@H](c1ccccc1)[C@H](N=Cc1ccccc1[O-])c1ccccc1.[O-]c1ccccc1C=N[C@H](c1ccccc1)[C@H](N=Cc1ccccc1[O-])c1ccccc1.[Tm+3]. The van der Waals surface area contributed by atoms with Crippen LogP contribution in [0.1, 0.15) is 68.7 Å². The largest absolute Gasteiger partial charge is 3.00 e. The fourth-order valence-electron chi connectivity index (χ4n) is 6.99. The van der Waals surface area contributed by atoms with Gasteiger partial charge in [0, 0.05) is 24.9 Å². The first-order valence-corrected chi connectivity index (χ1v) is 20.8. The topological polar surface area (TPSA) is 142 Å². The van der Waals surface area contributed by atoms with Gasteiger partial charge in [0.05, 0.1) is 0 Å². The van der Waals surface area contributed by atoms with E-state index in [0.29, 0.717) is 22.3 Å². The summed E-state index contributed by atoms with van der Waals surface area (Å²) in [6.45, 7) is 0. The summed E-state index contributed by atoms with van der Waals surface area (Å²) in [5, 5.41) is 48.8. The standard InChI is InChI=1S/2C28H24N2O2.K.Tm/c2*31-25-17-9-7-15-23(25)19-29-27(21-11-3-1-4-12-21)28(22-13-5-2-6-14-22)30-20-24-16-8-10-18-26(24)32;;/h2*1-20,27-28,31-32H;;/q;;+1;+3/p-4/t2*27-,28-;;/m11../s1. The molecular formula is C56H44KN4O4Tm. The van der Waals surface area contributed by atoms with Gasteiger partial charge in [-0.1, -0.05) is 218 Å². The Balaban J connectivity index is 0.000000240. The molecule has 8 aromatic carbocycles. The molecule has 0 aliphatic carbocycles. The van der Waals surface area contributed by atoms with Gasteiger partial charge in [0.1, 0.15) is 24.2 Å². The molecular weight excluding hydrogens is 1000 g/mol. The molecule has 10 heteroatoms. The number of hydrogen-bond acceptors (Lipinski definition) is 8. The van der Waals surface area contributed by atoms with Crippen LogP contribution in [0, 0.1) is 36.9 Å². The van der Waals surface area contributed by atoms with E-state index in [2.05, 4.69) is 0 Å². The van der Waals surface area contributed by atoms with E-state index in [1.54, 1.807) is 73.4 Å². The third-order valence-corrected chi connectivity index (χ3v) is 10.3. The average Bonchev–Trinajstić information content (AvgIpc) is 3.34. The summed E-state index contributed by atoms with van der Waals surface area (Å²) >= 11 is 0. The van der Waals surface area contributed by atoms with Gasteiger partial charge in [0.15, 0.2) is 0 Å². The molecule has 0 heterocycles. The Labute approximate surface area is 458 Å². The van der Waals surface area contributed by atoms with E-state index in [1.165, 1.54) is 24.3 Å². The molecule has 8 aromatic rings. The summed E-state index contributed by atoms with van der Waals surface area (Å²) in [7, 11) is 0. The molecule has 0 amide bonds. The molecule has 0 bridgehead atoms. The second-order valence-corrected chi connectivity index (χ2v) is 14.7. The van der Waals surface area contributed by atoms with Crippen molar-refractivity contribution < 1.29 is 109 Å². The van der Waals surface area contributed by atoms with E-state index < -0.39 is 0 Å². The third-order valence-electron chi connectivity index (χ3n) is 10.3. The van der Waals surface area contributed by atoms with E-state index in [-0.39, 0.29) is 135 Å². The summed E-state index contributed by atoms with van der Waals surface area (Å²) in [5.74, 6) is -0.322. The number of hydrogen-bond donors (Lipinski definition) is 0. The second-order valence-electron chi connectivity index (χ2n) is 14.7. The van der Waals surface area contributed by atoms with Gasteiger partial charge in [0.25, 0.3) is 0 Å². The van der Waals surface area contributed by atoms with Crippen LogP contribution in [-0.2, 0) is 0 Å². The molecule has 0 fully saturated rings. The molecule has 0 aliphatic rings. The zero-order chi connectivity index (χ0) is 44.4. The van der Waals surface area contributed by atoms with Gasteiger partial charge in [0.2, 0.25) is 0 Å². The van der Waals surface area contributed by atoms with E-state index in [1.807, 2.05) is 146 Å². The molecule has 0 saturated heterocycles. The Hall–Kier alpha value is -5.49. The molecule has 4 atom stereocenters. The number of rotatable bonds is 14. The van der Waals surface area contributed by atoms with Crippen LogP contribution in [0.3, 0.4) is 0 Å². The van der Waals surface area contributed by atoms with Crippen molar-refractivity contribution in [2.75, 3.05) is 0 Å². The first-order valence-electron chi connectivity index (χ1n) is 20.8. The van der Waals surface area contributed by atoms with Gasteiger partial charge in [-0.05, 0) is 44.5 Å². The first kappa shape index (κ1) is 51.5. The predicted octanol–water partition coefficient (Wildman–Crippen LogP) is 6.71. The van der Waals surface area contributed by atoms with E-state index in [0.717, 1.165) is 22.3 Å². The molecule has 8 nitrogen and oxygen atoms in total. The van der Waals surface area contributed by atoms with Gasteiger partial charge in [-0.25, -0.2) is 0 Å². The van der Waals surface area contributed by atoms with E-state index in [4.69, 9.17) is 20.0 Å². The van der Waals surface area contributed by atoms with Crippen molar-refractivity contribution in [1.82, 2.24) is 0 Å². The molecule has 0 spiro atoms. The maximum atomic E-state index is 12.2. The predicted molar refractivity (Wildman–Crippen MR) is 251 cm³/mol. The molecule has 326 valence electrons. The van der Waals surface area contributed by atoms with Gasteiger partial charge in [-0.2, -0.15) is 0 Å². The Morgan fingerprint density at radius 1 is 0.258 bits per heavy atom. The molecule has 8 rings (SSSR count). The normalized spacial score (nSPS) is 13.0. The Bertz CT molecular complexity index is 2420. The third kappa shape index (κ3) is 14.8. The first-order chi connectivity index (χ1) is 31.4. The summed E-state index contributed by atoms with van der Waals surface area (Å²) in [5.41, 5.74) is 5.95. The van der Waals surface area contributed by atoms with Crippen LogP contribution in [0.5, 0.6) is 23.0 Å². The molecule has 66 heavy (non-hydrogen) atoms. The summed E-state index contributed by atoms with van der Waals surface area (Å²) in [6, 6.07) is 65.1. The second kappa shape index (κ2) is 27.2. The van der Waals surface area contributed by atoms with Gasteiger partial charge >= 0.3 is 88.3 Å². The van der Waals surface area contributed by atoms with Crippen molar-refractivity contribution in [3.63, 3.8) is 0 Å². The van der Waals surface area contributed by atoms with Crippen LogP contribution in [0.25, 0.3) is 0 Å². The van der Waals surface area contributed by atoms with Crippen molar-refractivity contribution in [1.29, 1.82) is 0 Å². The Kier molecular flexibility index (Phi) is 21.2. The molecule has 0 aliphatic heterocycles. The number of nitrogens with zero attached hydrogens (tertiary/aromatic N) is 4. The number of benzene rings is 8. The molecule has 0 radical (unpaired) electrons. The minimum Gasteiger partial charge on any atom is -0.872 e. The minimum absolute atomic E-state index is 0. The molecule has 0 saturated carbocycles. The van der Waals surface area contributed by atoms with Crippen LogP contribution in [0.2, 0.25) is 0 Å². The minimum atomic E-state index is -0.381. The van der Waals surface area contributed by atoms with Crippen molar-refractivity contribution in [3.8, 4) is 23.0 Å². The van der Waals surface area contributed by atoms with Crippen LogP contribution in [-0.4, -0.2) is 24.9 Å². The fourth-order valence-corrected chi connectivity index (χ4v) is 6.99. The van der Waals surface area contributed by atoms with Crippen molar-refractivity contribution >= 4 is 24.9 Å². The Morgan fingerprint density at radius 2 is 0.424 bits per heavy atom. The van der Waals surface area contributed by atoms with Gasteiger partial charge < -0.3 is 20.4 Å². The van der Waals surface area contributed by atoms with Gasteiger partial charge in [-0.3, -0.25) is 20.0 Å². The summed E-state index contributed by atoms with van der Waals surface area (Å²) in [6.07, 6.45) is 6.47. The molecule has 0 unspecified atom stereocenters. The van der Waals surface area contributed by atoms with Crippen LogP contribution in [0.4, 0.5) is 0 Å². The van der Waals surface area contributed by atoms with E-state index >= 15 is 0 Å². The zero-order valence-electron chi connectivity index (χ0n) is 36.1. The van der Waals surface area contributed by atoms with Crippen molar-refractivity contribution in [2.45, 2.75) is 24.2 Å². The van der Waals surface area contributed by atoms with E-state index in [9.17, 15) is 20.4 Å². The average molecular weight is 1050 g/mol. The summed E-state index contributed by atoms with van der Waals surface area (Å²) < 4.78 is 0. The van der Waals surface area contributed by atoms with Crippen molar-refractivity contribution in [2.24, 2.45) is 20.0 Å². The maximum Gasteiger partial charge on any atom is 3.00 e. The van der Waals surface area contributed by atoms with Gasteiger partial charge in [-0.15, -0.1) is 23.0 Å².